The molecule has 0 bridgehead atoms. The van der Waals surface area contributed by atoms with Gasteiger partial charge in [0.1, 0.15) is 6.73 Å². The van der Waals surface area contributed by atoms with Crippen LogP contribution in [0, 0.1) is 0 Å². The van der Waals surface area contributed by atoms with Crippen LogP contribution in [-0.2, 0) is 4.74 Å². The summed E-state index contributed by atoms with van der Waals surface area (Å²) in [4.78, 5) is 12.9. The molecule has 0 saturated heterocycles. The number of benzene rings is 1. The summed E-state index contributed by atoms with van der Waals surface area (Å²) in [5, 5.41) is 0. The summed E-state index contributed by atoms with van der Waals surface area (Å²) in [5.41, 5.74) is 2.18. The van der Waals surface area contributed by atoms with E-state index in [-0.39, 0.29) is 0 Å². The van der Waals surface area contributed by atoms with Crippen LogP contribution in [0.15, 0.2) is 36.7 Å². The molecule has 0 atom stereocenters. The van der Waals surface area contributed by atoms with Gasteiger partial charge in [0.15, 0.2) is 11.6 Å². The summed E-state index contributed by atoms with van der Waals surface area (Å²) >= 11 is 0. The monoisotopic (exact) mass is 242 g/mol. The Morgan fingerprint density at radius 2 is 1.72 bits per heavy atom. The number of hydrogen-bond acceptors (Lipinski definition) is 5. The van der Waals surface area contributed by atoms with Crippen molar-refractivity contribution in [2.24, 2.45) is 0 Å². The highest BCUT2D eigenvalue weighted by molar-refractivity contribution is 5.89. The van der Waals surface area contributed by atoms with Gasteiger partial charge >= 0.3 is 0 Å². The molecule has 92 valence electrons. The molecule has 0 radical (unpaired) electrons. The summed E-state index contributed by atoms with van der Waals surface area (Å²) in [6.07, 6.45) is 3.40. The van der Waals surface area contributed by atoms with Crippen molar-refractivity contribution >= 4 is 23.0 Å². The highest BCUT2D eigenvalue weighted by Crippen LogP contribution is 2.44. The molecule has 5 nitrogen and oxygen atoms in total. The Hall–Kier alpha value is -2.14. The summed E-state index contributed by atoms with van der Waals surface area (Å²) < 4.78 is 5.27. The van der Waals surface area contributed by atoms with Crippen molar-refractivity contribution in [1.82, 2.24) is 9.97 Å². The van der Waals surface area contributed by atoms with Gasteiger partial charge in [-0.2, -0.15) is 0 Å². The van der Waals surface area contributed by atoms with E-state index >= 15 is 0 Å². The first-order valence-corrected chi connectivity index (χ1v) is 5.73. The summed E-state index contributed by atoms with van der Waals surface area (Å²) in [5.74, 6) is 1.66. The van der Waals surface area contributed by atoms with Crippen molar-refractivity contribution < 1.29 is 4.74 Å². The smallest absolute Gasteiger partial charge is 0.178 e. The zero-order chi connectivity index (χ0) is 12.5. The molecule has 0 unspecified atom stereocenters. The molecular formula is C13H14N4O. The quantitative estimate of drug-likeness (QED) is 0.808. The van der Waals surface area contributed by atoms with Gasteiger partial charge in [-0.15, -0.1) is 0 Å². The lowest BCUT2D eigenvalue weighted by Crippen LogP contribution is -2.30. The first-order valence-electron chi connectivity index (χ1n) is 5.73. The Kier molecular flexibility index (Phi) is 2.60. The zero-order valence-electron chi connectivity index (χ0n) is 10.4. The minimum Gasteiger partial charge on any atom is -0.364 e. The van der Waals surface area contributed by atoms with Gasteiger partial charge in [0.25, 0.3) is 0 Å². The second-order valence-corrected chi connectivity index (χ2v) is 4.10. The van der Waals surface area contributed by atoms with Crippen LogP contribution in [0.5, 0.6) is 0 Å². The van der Waals surface area contributed by atoms with Crippen LogP contribution in [0.4, 0.5) is 23.0 Å². The van der Waals surface area contributed by atoms with Crippen molar-refractivity contribution in [1.29, 1.82) is 0 Å². The summed E-state index contributed by atoms with van der Waals surface area (Å²) in [6.45, 7) is 0.455. The second kappa shape index (κ2) is 4.27. The number of anilines is 4. The molecule has 2 heterocycles. The van der Waals surface area contributed by atoms with Gasteiger partial charge in [0.2, 0.25) is 0 Å². The number of para-hydroxylation sites is 2. The van der Waals surface area contributed by atoms with E-state index in [1.165, 1.54) is 0 Å². The molecule has 0 saturated carbocycles. The first-order chi connectivity index (χ1) is 8.83. The Morgan fingerprint density at radius 1 is 1.06 bits per heavy atom. The van der Waals surface area contributed by atoms with Crippen LogP contribution in [0.25, 0.3) is 0 Å². The van der Waals surface area contributed by atoms with Crippen molar-refractivity contribution in [3.05, 3.63) is 36.7 Å². The van der Waals surface area contributed by atoms with Gasteiger partial charge in [-0.05, 0) is 12.1 Å². The van der Waals surface area contributed by atoms with E-state index in [0.29, 0.717) is 6.73 Å². The molecular weight excluding hydrogens is 228 g/mol. The molecule has 1 aromatic heterocycles. The van der Waals surface area contributed by atoms with Crippen LogP contribution >= 0.6 is 0 Å². The highest BCUT2D eigenvalue weighted by Gasteiger charge is 2.27. The minimum absolute atomic E-state index is 0.455. The van der Waals surface area contributed by atoms with Crippen LogP contribution in [0.3, 0.4) is 0 Å². The summed E-state index contributed by atoms with van der Waals surface area (Å²) in [6, 6.07) is 8.15. The second-order valence-electron chi connectivity index (χ2n) is 4.10. The molecule has 0 amide bonds. The van der Waals surface area contributed by atoms with Crippen molar-refractivity contribution in [2.45, 2.75) is 0 Å². The summed E-state index contributed by atoms with van der Waals surface area (Å²) in [7, 11) is 3.67. The third-order valence-electron chi connectivity index (χ3n) is 3.03. The molecule has 1 aliphatic heterocycles. The fourth-order valence-corrected chi connectivity index (χ4v) is 2.21. The van der Waals surface area contributed by atoms with Crippen molar-refractivity contribution in [3.8, 4) is 0 Å². The lowest BCUT2D eigenvalue weighted by Gasteiger charge is -2.35. The molecule has 1 aliphatic rings. The van der Waals surface area contributed by atoms with Gasteiger partial charge < -0.3 is 9.64 Å². The number of fused-ring (bicyclic) bond motifs is 2. The minimum atomic E-state index is 0.455. The van der Waals surface area contributed by atoms with Crippen molar-refractivity contribution in [2.75, 3.05) is 30.7 Å². The van der Waals surface area contributed by atoms with E-state index in [0.717, 1.165) is 23.0 Å². The highest BCUT2D eigenvalue weighted by atomic mass is 16.5. The largest absolute Gasteiger partial charge is 0.364 e. The maximum Gasteiger partial charge on any atom is 0.178 e. The molecule has 3 rings (SSSR count). The van der Waals surface area contributed by atoms with Crippen LogP contribution in [0.2, 0.25) is 0 Å². The van der Waals surface area contributed by atoms with E-state index in [1.807, 2.05) is 29.0 Å². The van der Waals surface area contributed by atoms with E-state index in [2.05, 4.69) is 22.1 Å². The van der Waals surface area contributed by atoms with Gasteiger partial charge in [0.05, 0.1) is 11.4 Å². The Bertz CT molecular complexity index is 525. The predicted molar refractivity (Wildman–Crippen MR) is 70.6 cm³/mol. The van der Waals surface area contributed by atoms with E-state index < -0.39 is 0 Å². The number of methoxy groups -OCH3 is 1. The van der Waals surface area contributed by atoms with Gasteiger partial charge in [-0.1, -0.05) is 12.1 Å². The Balaban J connectivity index is 2.20. The number of aromatic nitrogens is 2. The molecule has 5 heteroatoms. The molecule has 0 spiro atoms. The van der Waals surface area contributed by atoms with E-state index in [9.17, 15) is 0 Å². The maximum atomic E-state index is 5.27. The van der Waals surface area contributed by atoms with E-state index in [4.69, 9.17) is 4.74 Å². The van der Waals surface area contributed by atoms with Crippen LogP contribution < -0.4 is 9.80 Å². The normalized spacial score (nSPS) is 13.2. The lowest BCUT2D eigenvalue weighted by atomic mass is 10.2. The Morgan fingerprint density at radius 3 is 2.44 bits per heavy atom. The SMILES string of the molecule is COCN1c2ccccc2N(C)c2nccnc21. The Labute approximate surface area is 106 Å². The average Bonchev–Trinajstić information content (AvgIpc) is 2.43. The third kappa shape index (κ3) is 1.52. The van der Waals surface area contributed by atoms with E-state index in [1.54, 1.807) is 19.5 Å². The number of rotatable bonds is 2. The number of hydrogen-bond donors (Lipinski definition) is 0. The van der Waals surface area contributed by atoms with Crippen LogP contribution in [0.1, 0.15) is 0 Å². The van der Waals surface area contributed by atoms with Gasteiger partial charge in [-0.25, -0.2) is 9.97 Å². The average molecular weight is 242 g/mol. The fraction of sp³-hybridized carbons (Fsp3) is 0.231. The van der Waals surface area contributed by atoms with Gasteiger partial charge in [0, 0.05) is 26.6 Å². The fourth-order valence-electron chi connectivity index (χ4n) is 2.21. The van der Waals surface area contributed by atoms with Gasteiger partial charge in [-0.3, -0.25) is 4.90 Å². The third-order valence-corrected chi connectivity index (χ3v) is 3.03. The predicted octanol–water partition coefficient (Wildman–Crippen LogP) is 2.30. The van der Waals surface area contributed by atoms with Crippen molar-refractivity contribution in [3.63, 3.8) is 0 Å². The molecule has 2 aromatic rings. The first kappa shape index (κ1) is 11.0. The zero-order valence-corrected chi connectivity index (χ0v) is 10.4. The number of nitrogens with zero attached hydrogens (tertiary/aromatic N) is 4. The topological polar surface area (TPSA) is 41.5 Å². The number of ether oxygens (including phenoxy) is 1. The molecule has 0 N–H and O–H groups in total. The standard InChI is InChI=1S/C13H14N4O/c1-16-10-5-3-4-6-11(10)17(9-18-2)13-12(16)14-7-8-15-13/h3-8H,9H2,1-2H3. The molecule has 0 fully saturated rings. The molecule has 18 heavy (non-hydrogen) atoms. The molecule has 0 aliphatic carbocycles. The molecule has 1 aromatic carbocycles. The lowest BCUT2D eigenvalue weighted by molar-refractivity contribution is 0.205. The van der Waals surface area contributed by atoms with Crippen LogP contribution in [-0.4, -0.2) is 30.9 Å². The maximum absolute atomic E-state index is 5.27.